The van der Waals surface area contributed by atoms with Gasteiger partial charge in [-0.1, -0.05) is 0 Å². The van der Waals surface area contributed by atoms with Crippen LogP contribution in [-0.4, -0.2) is 76.3 Å². The highest BCUT2D eigenvalue weighted by Gasteiger charge is 2.38. The molecule has 2 fully saturated rings. The Bertz CT molecular complexity index is 375. The van der Waals surface area contributed by atoms with Crippen molar-refractivity contribution < 1.29 is 19.4 Å². The predicted molar refractivity (Wildman–Crippen MR) is 72.5 cm³/mol. The largest absolute Gasteiger partial charge is 0.480 e. The molecular weight excluding hydrogens is 268 g/mol. The van der Waals surface area contributed by atoms with Crippen molar-refractivity contribution in [1.82, 2.24) is 9.80 Å². The van der Waals surface area contributed by atoms with Gasteiger partial charge in [0.25, 0.3) is 0 Å². The van der Waals surface area contributed by atoms with E-state index < -0.39 is 12.0 Å². The first-order chi connectivity index (χ1) is 8.91. The van der Waals surface area contributed by atoms with Gasteiger partial charge < -0.3 is 19.6 Å². The Morgan fingerprint density at radius 1 is 1.37 bits per heavy atom. The highest BCUT2D eigenvalue weighted by Crippen LogP contribution is 2.30. The third kappa shape index (κ3) is 3.33. The van der Waals surface area contributed by atoms with E-state index in [9.17, 15) is 9.59 Å². The van der Waals surface area contributed by atoms with Gasteiger partial charge in [0.15, 0.2) is 6.04 Å². The molecule has 2 rings (SSSR count). The van der Waals surface area contributed by atoms with Gasteiger partial charge in [0.1, 0.15) is 0 Å². The maximum absolute atomic E-state index is 12.5. The van der Waals surface area contributed by atoms with Gasteiger partial charge in [0.2, 0.25) is 0 Å². The third-order valence-corrected chi connectivity index (χ3v) is 4.65. The summed E-state index contributed by atoms with van der Waals surface area (Å²) in [4.78, 5) is 26.9. The zero-order chi connectivity index (χ0) is 14.0. The Labute approximate surface area is 117 Å². The normalized spacial score (nSPS) is 27.2. The van der Waals surface area contributed by atoms with Crippen LogP contribution in [0.25, 0.3) is 0 Å². The van der Waals surface area contributed by atoms with Crippen LogP contribution in [0.1, 0.15) is 13.8 Å². The Kier molecular flexibility index (Phi) is 4.25. The zero-order valence-corrected chi connectivity index (χ0v) is 12.1. The van der Waals surface area contributed by atoms with Gasteiger partial charge in [-0.25, -0.2) is 9.59 Å². The monoisotopic (exact) mass is 288 g/mol. The van der Waals surface area contributed by atoms with Crippen molar-refractivity contribution in [3.8, 4) is 0 Å². The molecule has 2 aliphatic heterocycles. The van der Waals surface area contributed by atoms with E-state index in [1.807, 2.05) is 11.8 Å². The van der Waals surface area contributed by atoms with Gasteiger partial charge in [0.05, 0.1) is 13.2 Å². The number of hydrogen-bond donors (Lipinski definition) is 1. The molecule has 2 saturated heterocycles. The number of thioether (sulfide) groups is 1. The lowest BCUT2D eigenvalue weighted by Gasteiger charge is -2.42. The number of aliphatic carboxylic acids is 1. The minimum Gasteiger partial charge on any atom is -0.480 e. The SMILES string of the molecule is CC1(C)CN(C(=O)N2CCOCC2C(=O)O)CCS1. The van der Waals surface area contributed by atoms with E-state index in [1.54, 1.807) is 4.90 Å². The van der Waals surface area contributed by atoms with E-state index in [4.69, 9.17) is 9.84 Å². The number of nitrogens with zero attached hydrogens (tertiary/aromatic N) is 2. The second-order valence-electron chi connectivity index (χ2n) is 5.43. The lowest BCUT2D eigenvalue weighted by atomic mass is 10.2. The molecule has 1 atom stereocenters. The molecule has 0 aromatic heterocycles. The lowest BCUT2D eigenvalue weighted by Crippen LogP contribution is -2.59. The average molecular weight is 288 g/mol. The fourth-order valence-electron chi connectivity index (χ4n) is 2.40. The summed E-state index contributed by atoms with van der Waals surface area (Å²) in [7, 11) is 0. The molecule has 1 unspecified atom stereocenters. The second kappa shape index (κ2) is 5.58. The number of morpholine rings is 1. The smallest absolute Gasteiger partial charge is 0.328 e. The summed E-state index contributed by atoms with van der Waals surface area (Å²) in [5.41, 5.74) is 0. The van der Waals surface area contributed by atoms with Crippen LogP contribution >= 0.6 is 11.8 Å². The van der Waals surface area contributed by atoms with E-state index in [1.165, 1.54) is 4.90 Å². The molecule has 0 spiro atoms. The van der Waals surface area contributed by atoms with Gasteiger partial charge in [-0.3, -0.25) is 0 Å². The van der Waals surface area contributed by atoms with Crippen LogP contribution in [0.4, 0.5) is 4.79 Å². The van der Waals surface area contributed by atoms with Gasteiger partial charge >= 0.3 is 12.0 Å². The molecule has 1 N–H and O–H groups in total. The number of ether oxygens (including phenoxy) is 1. The van der Waals surface area contributed by atoms with Crippen LogP contribution in [0.3, 0.4) is 0 Å². The van der Waals surface area contributed by atoms with Crippen LogP contribution in [0.2, 0.25) is 0 Å². The molecule has 2 heterocycles. The number of carbonyl (C=O) groups is 2. The zero-order valence-electron chi connectivity index (χ0n) is 11.3. The summed E-state index contributed by atoms with van der Waals surface area (Å²) in [6.07, 6.45) is 0. The number of amides is 2. The number of carboxylic acid groups (broad SMARTS) is 1. The molecule has 6 nitrogen and oxygen atoms in total. The lowest BCUT2D eigenvalue weighted by molar-refractivity contribution is -0.147. The van der Waals surface area contributed by atoms with Gasteiger partial charge in [-0.2, -0.15) is 11.8 Å². The first-order valence-electron chi connectivity index (χ1n) is 6.41. The van der Waals surface area contributed by atoms with Crippen LogP contribution in [0, 0.1) is 0 Å². The fourth-order valence-corrected chi connectivity index (χ4v) is 3.51. The molecule has 19 heavy (non-hydrogen) atoms. The third-order valence-electron chi connectivity index (χ3n) is 3.36. The second-order valence-corrected chi connectivity index (χ2v) is 7.24. The van der Waals surface area contributed by atoms with E-state index >= 15 is 0 Å². The van der Waals surface area contributed by atoms with Crippen LogP contribution in [0.15, 0.2) is 0 Å². The topological polar surface area (TPSA) is 70.1 Å². The molecule has 0 bridgehead atoms. The van der Waals surface area contributed by atoms with Gasteiger partial charge in [0, 0.05) is 30.1 Å². The molecule has 2 amide bonds. The molecule has 7 heteroatoms. The summed E-state index contributed by atoms with van der Waals surface area (Å²) in [5.74, 6) is -0.112. The van der Waals surface area contributed by atoms with E-state index in [0.717, 1.165) is 5.75 Å². The van der Waals surface area contributed by atoms with Crippen molar-refractivity contribution in [2.75, 3.05) is 38.6 Å². The van der Waals surface area contributed by atoms with E-state index in [-0.39, 0.29) is 17.4 Å². The Balaban J connectivity index is 2.06. The molecule has 0 aromatic rings. The van der Waals surface area contributed by atoms with Crippen molar-refractivity contribution in [2.24, 2.45) is 0 Å². The number of rotatable bonds is 1. The first-order valence-corrected chi connectivity index (χ1v) is 7.39. The number of urea groups is 1. The minimum absolute atomic E-state index is 0.0267. The first kappa shape index (κ1) is 14.5. The van der Waals surface area contributed by atoms with Crippen molar-refractivity contribution in [3.63, 3.8) is 0 Å². The average Bonchev–Trinajstić information content (AvgIpc) is 2.36. The van der Waals surface area contributed by atoms with Crippen molar-refractivity contribution in [3.05, 3.63) is 0 Å². The van der Waals surface area contributed by atoms with Gasteiger partial charge in [-0.05, 0) is 13.8 Å². The van der Waals surface area contributed by atoms with E-state index in [2.05, 4.69) is 13.8 Å². The number of hydrogen-bond acceptors (Lipinski definition) is 4. The minimum atomic E-state index is -1.00. The Morgan fingerprint density at radius 3 is 2.74 bits per heavy atom. The highest BCUT2D eigenvalue weighted by molar-refractivity contribution is 8.00. The summed E-state index contributed by atoms with van der Waals surface area (Å²) in [6, 6.07) is -1.04. The Hall–Kier alpha value is -0.950. The standard InChI is InChI=1S/C12H20N2O4S/c1-12(2)8-13(4-6-19-12)11(17)14-3-5-18-7-9(14)10(15)16/h9H,3-8H2,1-2H3,(H,15,16). The predicted octanol–water partition coefficient (Wildman–Crippen LogP) is 0.719. The molecule has 108 valence electrons. The molecule has 0 saturated carbocycles. The maximum Gasteiger partial charge on any atom is 0.328 e. The maximum atomic E-state index is 12.5. The number of carboxylic acids is 1. The van der Waals surface area contributed by atoms with Gasteiger partial charge in [-0.15, -0.1) is 0 Å². The number of carbonyl (C=O) groups excluding carboxylic acids is 1. The summed E-state index contributed by atoms with van der Waals surface area (Å²) in [5, 5.41) is 9.16. The van der Waals surface area contributed by atoms with Crippen LogP contribution in [-0.2, 0) is 9.53 Å². The van der Waals surface area contributed by atoms with Crippen molar-refractivity contribution in [1.29, 1.82) is 0 Å². The fraction of sp³-hybridized carbons (Fsp3) is 0.833. The summed E-state index contributed by atoms with van der Waals surface area (Å²) < 4.78 is 5.18. The van der Waals surface area contributed by atoms with Crippen molar-refractivity contribution in [2.45, 2.75) is 24.6 Å². The summed E-state index contributed by atoms with van der Waals surface area (Å²) in [6.45, 7) is 6.36. The molecule has 0 radical (unpaired) electrons. The molecule has 0 aliphatic carbocycles. The quantitative estimate of drug-likeness (QED) is 0.770. The van der Waals surface area contributed by atoms with Crippen LogP contribution in [0.5, 0.6) is 0 Å². The van der Waals surface area contributed by atoms with E-state index in [0.29, 0.717) is 26.2 Å². The molecular formula is C12H20N2O4S. The molecule has 0 aromatic carbocycles. The van der Waals surface area contributed by atoms with Crippen LogP contribution < -0.4 is 0 Å². The van der Waals surface area contributed by atoms with Crippen molar-refractivity contribution >= 4 is 23.8 Å². The Morgan fingerprint density at radius 2 is 2.11 bits per heavy atom. The highest BCUT2D eigenvalue weighted by atomic mass is 32.2. The molecule has 2 aliphatic rings. The summed E-state index contributed by atoms with van der Waals surface area (Å²) >= 11 is 1.84.